The first-order chi connectivity index (χ1) is 14.9. The van der Waals surface area contributed by atoms with E-state index < -0.39 is 0 Å². The Morgan fingerprint density at radius 1 is 1.23 bits per heavy atom. The van der Waals surface area contributed by atoms with Gasteiger partial charge in [0.1, 0.15) is 17.2 Å². The average molecular weight is 429 g/mol. The Labute approximate surface area is 181 Å². The smallest absolute Gasteiger partial charge is 0.270 e. The average Bonchev–Trinajstić information content (AvgIpc) is 3.08. The van der Waals surface area contributed by atoms with E-state index >= 15 is 0 Å². The molecule has 0 radical (unpaired) electrons. The molecule has 0 saturated carbocycles. The van der Waals surface area contributed by atoms with Gasteiger partial charge in [-0.1, -0.05) is 6.07 Å². The van der Waals surface area contributed by atoms with Crippen molar-refractivity contribution in [2.45, 2.75) is 27.3 Å². The highest BCUT2D eigenvalue weighted by Gasteiger charge is 2.18. The van der Waals surface area contributed by atoms with Gasteiger partial charge in [0.25, 0.3) is 5.91 Å². The number of pyridine rings is 1. The molecule has 31 heavy (non-hydrogen) atoms. The Kier molecular flexibility index (Phi) is 7.59. The summed E-state index contributed by atoms with van der Waals surface area (Å²) in [5, 5.41) is 10.4. The van der Waals surface area contributed by atoms with Crippen molar-refractivity contribution in [3.63, 3.8) is 0 Å². The number of aromatic nitrogens is 2. The molecule has 0 unspecified atom stereocenters. The van der Waals surface area contributed by atoms with Crippen LogP contribution in [-0.2, 0) is 11.3 Å². The summed E-state index contributed by atoms with van der Waals surface area (Å²) in [7, 11) is 0. The third-order valence-electron chi connectivity index (χ3n) is 4.99. The first-order valence-electron chi connectivity index (χ1n) is 10.4. The predicted octanol–water partition coefficient (Wildman–Crippen LogP) is 2.86. The number of aliphatic hydroxyl groups is 1. The number of morpholine rings is 1. The zero-order valence-corrected chi connectivity index (χ0v) is 18.2. The Hall–Kier alpha value is -2.97. The number of fused-ring (bicyclic) bond motifs is 1. The largest absolute Gasteiger partial charge is 0.397 e. The van der Waals surface area contributed by atoms with Gasteiger partial charge in [-0.2, -0.15) is 0 Å². The van der Waals surface area contributed by atoms with E-state index in [0.717, 1.165) is 11.2 Å². The van der Waals surface area contributed by atoms with E-state index in [1.807, 2.05) is 43.1 Å². The molecule has 1 amide bonds. The number of nitrogens with one attached hydrogen (secondary N) is 1. The summed E-state index contributed by atoms with van der Waals surface area (Å²) in [5.41, 5.74) is 4.28. The Morgan fingerprint density at radius 2 is 1.94 bits per heavy atom. The minimum atomic E-state index is -0.282. The number of hydrogen-bond donors (Lipinski definition) is 2. The van der Waals surface area contributed by atoms with Crippen molar-refractivity contribution in [3.05, 3.63) is 64.9 Å². The second-order valence-electron chi connectivity index (χ2n) is 7.36. The highest BCUT2D eigenvalue weighted by molar-refractivity contribution is 5.94. The van der Waals surface area contributed by atoms with Crippen LogP contribution in [0.5, 0.6) is 0 Å². The highest BCUT2D eigenvalue weighted by atomic mass is 19.1. The summed E-state index contributed by atoms with van der Waals surface area (Å²) in [4.78, 5) is 19.1. The molecule has 3 aromatic rings. The van der Waals surface area contributed by atoms with Gasteiger partial charge in [-0.3, -0.25) is 9.20 Å². The Morgan fingerprint density at radius 3 is 2.61 bits per heavy atom. The van der Waals surface area contributed by atoms with Crippen LogP contribution in [0.1, 0.15) is 34.2 Å². The van der Waals surface area contributed by atoms with E-state index in [9.17, 15) is 9.18 Å². The third-order valence-corrected chi connectivity index (χ3v) is 4.99. The van der Waals surface area contributed by atoms with Crippen LogP contribution in [0.3, 0.4) is 0 Å². The Balaban J connectivity index is 0.000000858. The van der Waals surface area contributed by atoms with E-state index in [1.54, 1.807) is 17.4 Å². The number of carbonyl (C=O) groups excluding carboxylic acids is 1. The van der Waals surface area contributed by atoms with Crippen LogP contribution in [0.15, 0.2) is 36.5 Å². The third kappa shape index (κ3) is 5.39. The number of carbonyl (C=O) groups is 1. The Bertz CT molecular complexity index is 1040. The van der Waals surface area contributed by atoms with Crippen LogP contribution in [-0.4, -0.2) is 53.3 Å². The zero-order valence-electron chi connectivity index (χ0n) is 18.2. The van der Waals surface area contributed by atoms with Gasteiger partial charge < -0.3 is 20.1 Å². The standard InChI is InChI=1S/C21H23FN4O2.C2H6O/c1-14-5-6-26-19(11-14)24-15(2)20(26)21(27)23-13-16-3-4-18(17(22)12-16)25-7-9-28-10-8-25;1-2-3/h3-6,11-12H,7-10,13H2,1-2H3,(H,23,27);3H,2H2,1H3. The molecule has 1 saturated heterocycles. The molecule has 4 rings (SSSR count). The first-order valence-corrected chi connectivity index (χ1v) is 10.4. The van der Waals surface area contributed by atoms with Gasteiger partial charge in [-0.25, -0.2) is 9.37 Å². The van der Waals surface area contributed by atoms with Gasteiger partial charge in [-0.05, 0) is 56.2 Å². The summed E-state index contributed by atoms with van der Waals surface area (Å²) in [5.74, 6) is -0.512. The lowest BCUT2D eigenvalue weighted by Crippen LogP contribution is -2.36. The lowest BCUT2D eigenvalue weighted by Gasteiger charge is -2.29. The van der Waals surface area contributed by atoms with Crippen molar-refractivity contribution >= 4 is 17.2 Å². The minimum Gasteiger partial charge on any atom is -0.397 e. The van der Waals surface area contributed by atoms with Crippen molar-refractivity contribution in [3.8, 4) is 0 Å². The molecule has 0 atom stereocenters. The van der Waals surface area contributed by atoms with Crippen LogP contribution in [0.4, 0.5) is 10.1 Å². The molecule has 8 heteroatoms. The number of aliphatic hydroxyl groups excluding tert-OH is 1. The van der Waals surface area contributed by atoms with Crippen molar-refractivity contribution in [1.82, 2.24) is 14.7 Å². The summed E-state index contributed by atoms with van der Waals surface area (Å²) < 4.78 is 21.6. The fourth-order valence-corrected chi connectivity index (χ4v) is 3.52. The number of aryl methyl sites for hydroxylation is 2. The number of ether oxygens (including phenoxy) is 1. The maximum absolute atomic E-state index is 14.5. The number of nitrogens with zero attached hydrogens (tertiary/aromatic N) is 3. The minimum absolute atomic E-state index is 0.230. The molecule has 3 heterocycles. The summed E-state index contributed by atoms with van der Waals surface area (Å²) in [6.07, 6.45) is 1.84. The number of amides is 1. The molecule has 0 bridgehead atoms. The fourth-order valence-electron chi connectivity index (χ4n) is 3.52. The number of hydrogen-bond acceptors (Lipinski definition) is 5. The van der Waals surface area contributed by atoms with E-state index in [-0.39, 0.29) is 24.9 Å². The van der Waals surface area contributed by atoms with Crippen LogP contribution in [0, 0.1) is 19.7 Å². The quantitative estimate of drug-likeness (QED) is 0.668. The van der Waals surface area contributed by atoms with Crippen LogP contribution >= 0.6 is 0 Å². The molecule has 1 aromatic carbocycles. The van der Waals surface area contributed by atoms with Gasteiger partial charge in [0.15, 0.2) is 0 Å². The maximum Gasteiger partial charge on any atom is 0.270 e. The predicted molar refractivity (Wildman–Crippen MR) is 118 cm³/mol. The van der Waals surface area contributed by atoms with Gasteiger partial charge in [0.2, 0.25) is 0 Å². The van der Waals surface area contributed by atoms with Crippen molar-refractivity contribution in [2.75, 3.05) is 37.8 Å². The second kappa shape index (κ2) is 10.4. The number of halogens is 1. The number of anilines is 1. The molecule has 0 spiro atoms. The molecular weight excluding hydrogens is 399 g/mol. The normalized spacial score (nSPS) is 13.6. The monoisotopic (exact) mass is 428 g/mol. The molecule has 166 valence electrons. The molecule has 1 fully saturated rings. The highest BCUT2D eigenvalue weighted by Crippen LogP contribution is 2.22. The fraction of sp³-hybridized carbons (Fsp3) is 0.391. The molecule has 2 aromatic heterocycles. The van der Waals surface area contributed by atoms with E-state index in [4.69, 9.17) is 9.84 Å². The van der Waals surface area contributed by atoms with Crippen molar-refractivity contribution < 1.29 is 19.0 Å². The van der Waals surface area contributed by atoms with Crippen LogP contribution in [0.2, 0.25) is 0 Å². The summed E-state index contributed by atoms with van der Waals surface area (Å²) >= 11 is 0. The second-order valence-corrected chi connectivity index (χ2v) is 7.36. The SMILES string of the molecule is CCO.Cc1ccn2c(C(=O)NCc3ccc(N4CCOCC4)c(F)c3)c(C)nc2c1. The van der Waals surface area contributed by atoms with E-state index in [0.29, 0.717) is 48.9 Å². The molecular formula is C23H29FN4O3. The molecule has 0 aliphatic carbocycles. The van der Waals surface area contributed by atoms with Gasteiger partial charge in [-0.15, -0.1) is 0 Å². The van der Waals surface area contributed by atoms with Crippen LogP contribution in [0.25, 0.3) is 5.65 Å². The number of rotatable bonds is 4. The number of imidazole rings is 1. The maximum atomic E-state index is 14.5. The summed E-state index contributed by atoms with van der Waals surface area (Å²) in [6, 6.07) is 8.97. The lowest BCUT2D eigenvalue weighted by atomic mass is 10.1. The molecule has 2 N–H and O–H groups in total. The lowest BCUT2D eigenvalue weighted by molar-refractivity contribution is 0.0944. The van der Waals surface area contributed by atoms with Crippen LogP contribution < -0.4 is 10.2 Å². The van der Waals surface area contributed by atoms with Gasteiger partial charge in [0, 0.05) is 32.4 Å². The summed E-state index contributed by atoms with van der Waals surface area (Å²) in [6.45, 7) is 8.55. The van der Waals surface area contributed by atoms with Crippen molar-refractivity contribution in [2.24, 2.45) is 0 Å². The first kappa shape index (κ1) is 22.7. The zero-order chi connectivity index (χ0) is 22.4. The molecule has 1 aliphatic heterocycles. The van der Waals surface area contributed by atoms with E-state index in [2.05, 4.69) is 10.3 Å². The van der Waals surface area contributed by atoms with Crippen molar-refractivity contribution in [1.29, 1.82) is 0 Å². The van der Waals surface area contributed by atoms with E-state index in [1.165, 1.54) is 6.07 Å². The molecule has 1 aliphatic rings. The van der Waals surface area contributed by atoms with Gasteiger partial charge >= 0.3 is 0 Å². The molecule has 7 nitrogen and oxygen atoms in total. The number of benzene rings is 1. The topological polar surface area (TPSA) is 79.1 Å². The van der Waals surface area contributed by atoms with Gasteiger partial charge in [0.05, 0.1) is 24.6 Å².